The molecule has 0 aliphatic carbocycles. The Labute approximate surface area is 113 Å². The minimum Gasteiger partial charge on any atom is -0.312 e. The molecule has 5 nitrogen and oxygen atoms in total. The Morgan fingerprint density at radius 2 is 2.06 bits per heavy atom. The van der Waals surface area contributed by atoms with Gasteiger partial charge in [-0.05, 0) is 19.4 Å². The van der Waals surface area contributed by atoms with Crippen LogP contribution in [0.1, 0.15) is 42.3 Å². The second kappa shape index (κ2) is 7.18. The van der Waals surface area contributed by atoms with Crippen LogP contribution in [0.5, 0.6) is 0 Å². The van der Waals surface area contributed by atoms with E-state index in [2.05, 4.69) is 24.1 Å². The molecule has 0 atom stereocenters. The highest BCUT2D eigenvalue weighted by molar-refractivity contribution is 7.88. The monoisotopic (exact) mass is 291 g/mol. The highest BCUT2D eigenvalue weighted by Crippen LogP contribution is 2.21. The van der Waals surface area contributed by atoms with Crippen LogP contribution in [-0.2, 0) is 28.7 Å². The van der Waals surface area contributed by atoms with Crippen LogP contribution >= 0.6 is 11.3 Å². The minimum absolute atomic E-state index is 0.165. The van der Waals surface area contributed by atoms with E-state index < -0.39 is 10.0 Å². The van der Waals surface area contributed by atoms with Crippen molar-refractivity contribution in [3.05, 3.63) is 15.6 Å². The van der Waals surface area contributed by atoms with Crippen molar-refractivity contribution in [1.82, 2.24) is 10.3 Å². The van der Waals surface area contributed by atoms with Gasteiger partial charge in [0.05, 0.1) is 5.69 Å². The first-order valence-corrected chi connectivity index (χ1v) is 8.68. The van der Waals surface area contributed by atoms with Crippen LogP contribution in [0.4, 0.5) is 0 Å². The zero-order valence-corrected chi connectivity index (χ0v) is 12.5. The number of nitrogens with one attached hydrogen (secondary N) is 1. The van der Waals surface area contributed by atoms with Gasteiger partial charge in [0.25, 0.3) is 0 Å². The van der Waals surface area contributed by atoms with Gasteiger partial charge in [-0.3, -0.25) is 0 Å². The van der Waals surface area contributed by atoms with Gasteiger partial charge in [-0.25, -0.2) is 18.5 Å². The maximum atomic E-state index is 11.1. The van der Waals surface area contributed by atoms with Gasteiger partial charge in [0, 0.05) is 11.4 Å². The third kappa shape index (κ3) is 5.43. The molecular weight excluding hydrogens is 270 g/mol. The van der Waals surface area contributed by atoms with Crippen molar-refractivity contribution >= 4 is 21.4 Å². The van der Waals surface area contributed by atoms with Gasteiger partial charge in [0.15, 0.2) is 0 Å². The van der Waals surface area contributed by atoms with Crippen LogP contribution in [0.2, 0.25) is 0 Å². The minimum atomic E-state index is -3.49. The third-order valence-electron chi connectivity index (χ3n) is 2.35. The summed E-state index contributed by atoms with van der Waals surface area (Å²) in [5.41, 5.74) is 1.00. The first-order valence-electron chi connectivity index (χ1n) is 6.15. The summed E-state index contributed by atoms with van der Waals surface area (Å²) in [4.78, 5) is 5.51. The number of nitrogens with zero attached hydrogens (tertiary/aromatic N) is 1. The molecule has 1 aromatic rings. The molecule has 0 amide bonds. The molecule has 1 aromatic heterocycles. The molecule has 0 unspecified atom stereocenters. The van der Waals surface area contributed by atoms with Crippen LogP contribution < -0.4 is 10.5 Å². The Morgan fingerprint density at radius 3 is 2.61 bits per heavy atom. The topological polar surface area (TPSA) is 85.1 Å². The molecular formula is C11H21N3O2S2. The maximum absolute atomic E-state index is 11.1. The molecule has 0 aliphatic heterocycles. The quantitative estimate of drug-likeness (QED) is 0.709. The first kappa shape index (κ1) is 15.6. The lowest BCUT2D eigenvalue weighted by atomic mass is 10.2. The standard InChI is InChI=1S/C11H21N3O2S2/c1-3-5-9-10(7-13-6-4-2)17-11(14-9)8-18(12,15)16/h13H,3-8H2,1-2H3,(H2,12,15,16). The third-order valence-corrected chi connectivity index (χ3v) is 4.30. The van der Waals surface area contributed by atoms with E-state index in [1.54, 1.807) is 0 Å². The summed E-state index contributed by atoms with van der Waals surface area (Å²) in [5.74, 6) is -0.165. The second-order valence-corrected chi connectivity index (χ2v) is 6.99. The highest BCUT2D eigenvalue weighted by Gasteiger charge is 2.14. The van der Waals surface area contributed by atoms with E-state index in [1.807, 2.05) is 0 Å². The zero-order chi connectivity index (χ0) is 13.6. The van der Waals surface area contributed by atoms with Crippen molar-refractivity contribution in [3.63, 3.8) is 0 Å². The van der Waals surface area contributed by atoms with E-state index in [9.17, 15) is 8.42 Å². The van der Waals surface area contributed by atoms with E-state index in [4.69, 9.17) is 5.14 Å². The number of aromatic nitrogens is 1. The van der Waals surface area contributed by atoms with Crippen molar-refractivity contribution in [1.29, 1.82) is 0 Å². The summed E-state index contributed by atoms with van der Waals surface area (Å²) in [6.07, 6.45) is 2.95. The van der Waals surface area contributed by atoms with E-state index in [0.717, 1.165) is 42.9 Å². The average molecular weight is 291 g/mol. The average Bonchev–Trinajstić information content (AvgIpc) is 2.59. The summed E-state index contributed by atoms with van der Waals surface area (Å²) in [5, 5.41) is 8.95. The summed E-state index contributed by atoms with van der Waals surface area (Å²) < 4.78 is 22.1. The molecule has 104 valence electrons. The number of primary sulfonamides is 1. The van der Waals surface area contributed by atoms with E-state index in [1.165, 1.54) is 11.3 Å². The molecule has 3 N–H and O–H groups in total. The fourth-order valence-corrected chi connectivity index (χ4v) is 3.64. The lowest BCUT2D eigenvalue weighted by Gasteiger charge is -2.02. The Kier molecular flexibility index (Phi) is 6.20. The van der Waals surface area contributed by atoms with Gasteiger partial charge in [-0.15, -0.1) is 11.3 Å². The first-order chi connectivity index (χ1) is 8.46. The van der Waals surface area contributed by atoms with Gasteiger partial charge < -0.3 is 5.32 Å². The fourth-order valence-electron chi connectivity index (χ4n) is 1.62. The van der Waals surface area contributed by atoms with Crippen LogP contribution in [0.3, 0.4) is 0 Å². The molecule has 1 rings (SSSR count). The fraction of sp³-hybridized carbons (Fsp3) is 0.727. The highest BCUT2D eigenvalue weighted by atomic mass is 32.2. The molecule has 0 spiro atoms. The van der Waals surface area contributed by atoms with Gasteiger partial charge in [-0.1, -0.05) is 20.3 Å². The van der Waals surface area contributed by atoms with Crippen molar-refractivity contribution in [2.24, 2.45) is 5.14 Å². The zero-order valence-electron chi connectivity index (χ0n) is 10.9. The van der Waals surface area contributed by atoms with Gasteiger partial charge in [-0.2, -0.15) is 0 Å². The molecule has 0 saturated heterocycles. The van der Waals surface area contributed by atoms with Gasteiger partial charge in [0.1, 0.15) is 10.8 Å². The van der Waals surface area contributed by atoms with Crippen LogP contribution in [0.15, 0.2) is 0 Å². The Hall–Kier alpha value is -0.500. The molecule has 0 saturated carbocycles. The smallest absolute Gasteiger partial charge is 0.215 e. The van der Waals surface area contributed by atoms with Crippen LogP contribution in [0, 0.1) is 0 Å². The second-order valence-electron chi connectivity index (χ2n) is 4.21. The SMILES string of the molecule is CCCNCc1sc(CS(N)(=O)=O)nc1CCC. The Bertz CT molecular complexity index is 469. The number of hydrogen-bond donors (Lipinski definition) is 2. The van der Waals surface area contributed by atoms with E-state index >= 15 is 0 Å². The van der Waals surface area contributed by atoms with Crippen molar-refractivity contribution in [2.45, 2.75) is 45.4 Å². The predicted molar refractivity (Wildman–Crippen MR) is 74.9 cm³/mol. The van der Waals surface area contributed by atoms with Gasteiger partial charge in [0.2, 0.25) is 10.0 Å². The lowest BCUT2D eigenvalue weighted by Crippen LogP contribution is -2.14. The molecule has 18 heavy (non-hydrogen) atoms. The number of hydrogen-bond acceptors (Lipinski definition) is 5. The molecule has 0 aromatic carbocycles. The molecule has 0 fully saturated rings. The number of sulfonamides is 1. The maximum Gasteiger partial charge on any atom is 0.215 e. The van der Waals surface area contributed by atoms with Crippen LogP contribution in [0.25, 0.3) is 0 Å². The summed E-state index contributed by atoms with van der Waals surface area (Å²) >= 11 is 1.44. The number of thiazole rings is 1. The molecule has 0 bridgehead atoms. The largest absolute Gasteiger partial charge is 0.312 e. The summed E-state index contributed by atoms with van der Waals surface area (Å²) in [6, 6.07) is 0. The molecule has 0 radical (unpaired) electrons. The van der Waals surface area contributed by atoms with E-state index in [0.29, 0.717) is 5.01 Å². The number of aryl methyl sites for hydroxylation is 1. The molecule has 0 aliphatic rings. The van der Waals surface area contributed by atoms with Crippen LogP contribution in [-0.4, -0.2) is 19.9 Å². The normalized spacial score (nSPS) is 11.9. The summed E-state index contributed by atoms with van der Waals surface area (Å²) in [6.45, 7) is 5.90. The van der Waals surface area contributed by atoms with Crippen molar-refractivity contribution < 1.29 is 8.42 Å². The number of nitrogens with two attached hydrogens (primary N) is 1. The van der Waals surface area contributed by atoms with Crippen molar-refractivity contribution in [2.75, 3.05) is 6.54 Å². The van der Waals surface area contributed by atoms with Crippen molar-refractivity contribution in [3.8, 4) is 0 Å². The molecule has 1 heterocycles. The predicted octanol–water partition coefficient (Wildman–Crippen LogP) is 1.38. The summed E-state index contributed by atoms with van der Waals surface area (Å²) in [7, 11) is -3.49. The van der Waals surface area contributed by atoms with Gasteiger partial charge >= 0.3 is 0 Å². The number of rotatable bonds is 8. The Morgan fingerprint density at radius 1 is 1.33 bits per heavy atom. The molecule has 7 heteroatoms. The Balaban J connectivity index is 2.79. The lowest BCUT2D eigenvalue weighted by molar-refractivity contribution is 0.597. The van der Waals surface area contributed by atoms with E-state index in [-0.39, 0.29) is 5.75 Å².